The van der Waals surface area contributed by atoms with Gasteiger partial charge in [0.2, 0.25) is 5.09 Å². The van der Waals surface area contributed by atoms with Crippen molar-refractivity contribution in [3.63, 3.8) is 0 Å². The summed E-state index contributed by atoms with van der Waals surface area (Å²) in [6, 6.07) is 3.22. The molecular formula is C15H26N2O3S. The van der Waals surface area contributed by atoms with Gasteiger partial charge in [0.1, 0.15) is 5.76 Å². The normalized spacial score (nSPS) is 12.3. The second-order valence-electron chi connectivity index (χ2n) is 5.63. The van der Waals surface area contributed by atoms with E-state index in [2.05, 4.69) is 25.7 Å². The Morgan fingerprint density at radius 3 is 2.62 bits per heavy atom. The number of furan rings is 1. The maximum atomic E-state index is 12.5. The number of hydrogen-bond donors (Lipinski definition) is 1. The van der Waals surface area contributed by atoms with Gasteiger partial charge in [-0.1, -0.05) is 32.9 Å². The predicted molar refractivity (Wildman–Crippen MR) is 84.5 cm³/mol. The van der Waals surface area contributed by atoms with Gasteiger partial charge in [0.25, 0.3) is 10.0 Å². The Labute approximate surface area is 128 Å². The third kappa shape index (κ3) is 5.30. The minimum Gasteiger partial charge on any atom is -0.447 e. The summed E-state index contributed by atoms with van der Waals surface area (Å²) in [7, 11) is -3.59. The summed E-state index contributed by atoms with van der Waals surface area (Å²) in [5.41, 5.74) is 0.797. The molecule has 0 atom stereocenters. The topological polar surface area (TPSA) is 62.6 Å². The average Bonchev–Trinajstić information content (AvgIpc) is 2.84. The van der Waals surface area contributed by atoms with Gasteiger partial charge < -0.3 is 9.73 Å². The highest BCUT2D eigenvalue weighted by Gasteiger charge is 2.26. The fourth-order valence-electron chi connectivity index (χ4n) is 1.87. The van der Waals surface area contributed by atoms with Gasteiger partial charge in [-0.25, -0.2) is 8.42 Å². The molecule has 0 aromatic carbocycles. The van der Waals surface area contributed by atoms with Crippen molar-refractivity contribution in [2.75, 3.05) is 19.6 Å². The molecule has 6 heteroatoms. The molecule has 1 aromatic heterocycles. The van der Waals surface area contributed by atoms with E-state index < -0.39 is 10.0 Å². The lowest BCUT2D eigenvalue weighted by Gasteiger charge is -2.18. The van der Waals surface area contributed by atoms with E-state index in [0.717, 1.165) is 12.1 Å². The van der Waals surface area contributed by atoms with Crippen LogP contribution in [0.25, 0.3) is 0 Å². The van der Waals surface area contributed by atoms with Crippen molar-refractivity contribution >= 4 is 10.0 Å². The molecule has 120 valence electrons. The van der Waals surface area contributed by atoms with Crippen LogP contribution in [0, 0.1) is 5.92 Å². The lowest BCUT2D eigenvalue weighted by Crippen LogP contribution is -2.32. The Morgan fingerprint density at radius 2 is 2.10 bits per heavy atom. The highest BCUT2D eigenvalue weighted by Crippen LogP contribution is 2.19. The van der Waals surface area contributed by atoms with Crippen LogP contribution in [0.1, 0.15) is 33.5 Å². The molecule has 1 aromatic rings. The van der Waals surface area contributed by atoms with E-state index in [-0.39, 0.29) is 5.09 Å². The molecule has 0 fully saturated rings. The molecular weight excluding hydrogens is 288 g/mol. The summed E-state index contributed by atoms with van der Waals surface area (Å²) in [6.45, 7) is 13.7. The van der Waals surface area contributed by atoms with Gasteiger partial charge in [0.15, 0.2) is 0 Å². The highest BCUT2D eigenvalue weighted by molar-refractivity contribution is 7.89. The Hall–Kier alpha value is -1.11. The van der Waals surface area contributed by atoms with Gasteiger partial charge >= 0.3 is 0 Å². The first-order valence-corrected chi connectivity index (χ1v) is 8.65. The fourth-order valence-corrected chi connectivity index (χ4v) is 3.31. The van der Waals surface area contributed by atoms with Gasteiger partial charge in [-0.2, -0.15) is 4.31 Å². The summed E-state index contributed by atoms with van der Waals surface area (Å²) in [5.74, 6) is 1.16. The molecule has 1 heterocycles. The Morgan fingerprint density at radius 1 is 1.43 bits per heavy atom. The molecule has 5 nitrogen and oxygen atoms in total. The third-order valence-corrected chi connectivity index (χ3v) is 4.68. The van der Waals surface area contributed by atoms with Crippen LogP contribution < -0.4 is 5.32 Å². The second kappa shape index (κ2) is 7.77. The van der Waals surface area contributed by atoms with Gasteiger partial charge in [0, 0.05) is 13.1 Å². The molecule has 0 radical (unpaired) electrons. The SMILES string of the molecule is C=C(C)CN(CC)S(=O)(=O)c1ccc(CNCC(C)C)o1. The monoisotopic (exact) mass is 314 g/mol. The van der Waals surface area contributed by atoms with Crippen LogP contribution in [-0.4, -0.2) is 32.4 Å². The van der Waals surface area contributed by atoms with Gasteiger partial charge in [-0.05, 0) is 31.5 Å². The number of hydrogen-bond acceptors (Lipinski definition) is 4. The van der Waals surface area contributed by atoms with Gasteiger partial charge in [0.05, 0.1) is 6.54 Å². The predicted octanol–water partition coefficient (Wildman–Crippen LogP) is 2.61. The molecule has 21 heavy (non-hydrogen) atoms. The van der Waals surface area contributed by atoms with E-state index in [1.807, 2.05) is 6.92 Å². The third-order valence-electron chi connectivity index (χ3n) is 2.88. The first-order valence-electron chi connectivity index (χ1n) is 7.21. The Balaban J connectivity index is 2.79. The van der Waals surface area contributed by atoms with Crippen LogP contribution in [-0.2, 0) is 16.6 Å². The lowest BCUT2D eigenvalue weighted by atomic mass is 10.2. The Kier molecular flexibility index (Phi) is 6.64. The van der Waals surface area contributed by atoms with E-state index in [9.17, 15) is 8.42 Å². The maximum Gasteiger partial charge on any atom is 0.276 e. The average molecular weight is 314 g/mol. The van der Waals surface area contributed by atoms with E-state index in [0.29, 0.717) is 31.3 Å². The molecule has 0 unspecified atom stereocenters. The summed E-state index contributed by atoms with van der Waals surface area (Å²) < 4.78 is 31.8. The van der Waals surface area contributed by atoms with Crippen LogP contribution in [0.2, 0.25) is 0 Å². The van der Waals surface area contributed by atoms with E-state index in [4.69, 9.17) is 4.42 Å². The summed E-state index contributed by atoms with van der Waals surface area (Å²) in [5, 5.41) is 3.22. The molecule has 0 saturated heterocycles. The number of rotatable bonds is 9. The zero-order valence-corrected chi connectivity index (χ0v) is 14.2. The molecule has 1 N–H and O–H groups in total. The van der Waals surface area contributed by atoms with E-state index >= 15 is 0 Å². The highest BCUT2D eigenvalue weighted by atomic mass is 32.2. The smallest absolute Gasteiger partial charge is 0.276 e. The molecule has 0 aliphatic carbocycles. The summed E-state index contributed by atoms with van der Waals surface area (Å²) in [4.78, 5) is 0. The number of likely N-dealkylation sites (N-methyl/N-ethyl adjacent to an activating group) is 1. The molecule has 1 rings (SSSR count). The maximum absolute atomic E-state index is 12.5. The zero-order chi connectivity index (χ0) is 16.0. The summed E-state index contributed by atoms with van der Waals surface area (Å²) >= 11 is 0. The summed E-state index contributed by atoms with van der Waals surface area (Å²) in [6.07, 6.45) is 0. The number of nitrogens with zero attached hydrogens (tertiary/aromatic N) is 1. The van der Waals surface area contributed by atoms with Crippen molar-refractivity contribution in [2.45, 2.75) is 39.3 Å². The number of sulfonamides is 1. The van der Waals surface area contributed by atoms with Crippen LogP contribution >= 0.6 is 0 Å². The van der Waals surface area contributed by atoms with Crippen LogP contribution in [0.3, 0.4) is 0 Å². The standard InChI is InChI=1S/C15H26N2O3S/c1-6-17(11-13(4)5)21(18,19)15-8-7-14(20-15)10-16-9-12(2)3/h7-8,12,16H,4,6,9-11H2,1-3,5H3. The van der Waals surface area contributed by atoms with Crippen molar-refractivity contribution in [3.05, 3.63) is 30.0 Å². The van der Waals surface area contributed by atoms with Crippen molar-refractivity contribution in [1.29, 1.82) is 0 Å². The van der Waals surface area contributed by atoms with Crippen molar-refractivity contribution in [1.82, 2.24) is 9.62 Å². The minimum absolute atomic E-state index is 0.00746. The molecule has 0 aliphatic rings. The lowest BCUT2D eigenvalue weighted by molar-refractivity contribution is 0.373. The van der Waals surface area contributed by atoms with Gasteiger partial charge in [-0.15, -0.1) is 0 Å². The van der Waals surface area contributed by atoms with Crippen molar-refractivity contribution in [3.8, 4) is 0 Å². The van der Waals surface area contributed by atoms with Gasteiger partial charge in [-0.3, -0.25) is 0 Å². The van der Waals surface area contributed by atoms with E-state index in [1.165, 1.54) is 10.4 Å². The minimum atomic E-state index is -3.59. The second-order valence-corrected chi connectivity index (χ2v) is 7.50. The van der Waals surface area contributed by atoms with Crippen LogP contribution in [0.4, 0.5) is 0 Å². The molecule has 0 aliphatic heterocycles. The van der Waals surface area contributed by atoms with Crippen LogP contribution in [0.5, 0.6) is 0 Å². The first-order chi connectivity index (χ1) is 9.77. The van der Waals surface area contributed by atoms with Crippen molar-refractivity contribution in [2.24, 2.45) is 5.92 Å². The molecule has 0 bridgehead atoms. The fraction of sp³-hybridized carbons (Fsp3) is 0.600. The molecule has 0 amide bonds. The molecule has 0 saturated carbocycles. The quantitative estimate of drug-likeness (QED) is 0.712. The zero-order valence-electron chi connectivity index (χ0n) is 13.3. The van der Waals surface area contributed by atoms with Crippen molar-refractivity contribution < 1.29 is 12.8 Å². The van der Waals surface area contributed by atoms with E-state index in [1.54, 1.807) is 13.0 Å². The van der Waals surface area contributed by atoms with Crippen LogP contribution in [0.15, 0.2) is 33.8 Å². The molecule has 0 spiro atoms. The number of nitrogens with one attached hydrogen (secondary N) is 1. The largest absolute Gasteiger partial charge is 0.447 e. The Bertz CT molecular complexity index is 561. The first kappa shape index (κ1) is 17.9.